The first kappa shape index (κ1) is 33.2. The maximum atomic E-state index is 14.0. The van der Waals surface area contributed by atoms with Crippen LogP contribution in [0.15, 0.2) is 41.3 Å². The Morgan fingerprint density at radius 1 is 0.955 bits per heavy atom. The van der Waals surface area contributed by atoms with Gasteiger partial charge in [-0.05, 0) is 74.8 Å². The minimum atomic E-state index is -4.76. The summed E-state index contributed by atoms with van der Waals surface area (Å²) in [5.74, 6) is 0. The van der Waals surface area contributed by atoms with Crippen molar-refractivity contribution in [1.29, 1.82) is 0 Å². The topological polar surface area (TPSA) is 105 Å². The molecule has 5 rings (SSSR count). The van der Waals surface area contributed by atoms with Crippen molar-refractivity contribution in [2.45, 2.75) is 56.4 Å². The van der Waals surface area contributed by atoms with Crippen LogP contribution in [0.4, 0.5) is 13.2 Å². The molecule has 1 fully saturated rings. The van der Waals surface area contributed by atoms with Crippen LogP contribution in [0, 0.1) is 0 Å². The Labute approximate surface area is 265 Å². The van der Waals surface area contributed by atoms with Gasteiger partial charge >= 0.3 is 6.18 Å². The van der Waals surface area contributed by atoms with Gasteiger partial charge in [-0.2, -0.15) is 22.6 Å². The zero-order valence-electron chi connectivity index (χ0n) is 23.9. The Bertz CT molecular complexity index is 1760. The Hall–Kier alpha value is -2.20. The lowest BCUT2D eigenvalue weighted by molar-refractivity contribution is -0.138. The lowest BCUT2D eigenvalue weighted by atomic mass is 9.97. The molecule has 0 radical (unpaired) electrons. The highest BCUT2D eigenvalue weighted by Gasteiger charge is 2.35. The normalized spacial score (nSPS) is 16.9. The van der Waals surface area contributed by atoms with Crippen molar-refractivity contribution in [3.63, 3.8) is 0 Å². The lowest BCUT2D eigenvalue weighted by Gasteiger charge is -2.26. The first-order valence-corrected chi connectivity index (χ1v) is 18.1. The van der Waals surface area contributed by atoms with Gasteiger partial charge in [-0.15, -0.1) is 0 Å². The highest BCUT2D eigenvalue weighted by molar-refractivity contribution is 7.89. The molecule has 1 aromatic heterocycles. The van der Waals surface area contributed by atoms with Gasteiger partial charge in [0, 0.05) is 49.4 Å². The SMILES string of the molecule is CS(=O)(=O)N1CCc2c(c(-c3ccc(C(F)(F)F)c(CNS(=O)(=O)c4ccc(Cl)c(Cl)c4)c3)nn2CCCN2CCCC2)C1. The maximum Gasteiger partial charge on any atom is 0.416 e. The number of hydrogen-bond donors (Lipinski definition) is 1. The molecule has 16 heteroatoms. The molecule has 3 heterocycles. The molecule has 0 amide bonds. The minimum absolute atomic E-state index is 0.0172. The molecular weight excluding hydrogens is 662 g/mol. The number of rotatable bonds is 10. The Balaban J connectivity index is 1.49. The number of halogens is 5. The summed E-state index contributed by atoms with van der Waals surface area (Å²) in [4.78, 5) is 2.13. The molecule has 240 valence electrons. The van der Waals surface area contributed by atoms with Crippen LogP contribution in [0.25, 0.3) is 11.3 Å². The highest BCUT2D eigenvalue weighted by Crippen LogP contribution is 2.37. The van der Waals surface area contributed by atoms with E-state index in [9.17, 15) is 30.0 Å². The molecular formula is C28H32Cl2F3N5O4S2. The van der Waals surface area contributed by atoms with E-state index in [0.717, 1.165) is 50.1 Å². The molecule has 3 aromatic rings. The molecule has 0 spiro atoms. The predicted octanol–water partition coefficient (Wildman–Crippen LogP) is 5.16. The summed E-state index contributed by atoms with van der Waals surface area (Å²) < 4.78 is 98.2. The molecule has 0 unspecified atom stereocenters. The van der Waals surface area contributed by atoms with Crippen LogP contribution < -0.4 is 4.72 Å². The van der Waals surface area contributed by atoms with Crippen molar-refractivity contribution in [3.8, 4) is 11.3 Å². The molecule has 2 aliphatic heterocycles. The third kappa shape index (κ3) is 7.43. The largest absolute Gasteiger partial charge is 0.416 e. The van der Waals surface area contributed by atoms with E-state index >= 15 is 0 Å². The summed E-state index contributed by atoms with van der Waals surface area (Å²) in [6.07, 6.45) is -0.0716. The number of alkyl halides is 3. The summed E-state index contributed by atoms with van der Waals surface area (Å²) in [5, 5.41) is 4.89. The molecule has 1 saturated heterocycles. The molecule has 2 aromatic carbocycles. The molecule has 1 N–H and O–H groups in total. The van der Waals surface area contributed by atoms with E-state index in [4.69, 9.17) is 28.3 Å². The van der Waals surface area contributed by atoms with E-state index in [1.807, 2.05) is 4.68 Å². The van der Waals surface area contributed by atoms with Crippen LogP contribution in [0.2, 0.25) is 10.0 Å². The average Bonchev–Trinajstić information content (AvgIpc) is 3.60. The summed E-state index contributed by atoms with van der Waals surface area (Å²) in [7, 11) is -7.78. The summed E-state index contributed by atoms with van der Waals surface area (Å²) in [6.45, 7) is 3.22. The van der Waals surface area contributed by atoms with Crippen LogP contribution >= 0.6 is 23.2 Å². The maximum absolute atomic E-state index is 14.0. The second-order valence-electron chi connectivity index (χ2n) is 11.0. The smallest absolute Gasteiger partial charge is 0.303 e. The van der Waals surface area contributed by atoms with E-state index in [1.165, 1.54) is 41.4 Å². The van der Waals surface area contributed by atoms with Gasteiger partial charge in [0.1, 0.15) is 0 Å². The molecule has 44 heavy (non-hydrogen) atoms. The van der Waals surface area contributed by atoms with E-state index in [-0.39, 0.29) is 33.6 Å². The van der Waals surface area contributed by atoms with E-state index in [1.54, 1.807) is 0 Å². The van der Waals surface area contributed by atoms with Gasteiger partial charge in [0.05, 0.1) is 32.5 Å². The van der Waals surface area contributed by atoms with Gasteiger partial charge in [-0.1, -0.05) is 29.3 Å². The van der Waals surface area contributed by atoms with Crippen molar-refractivity contribution in [2.75, 3.05) is 32.4 Å². The number of sulfonamides is 2. The standard InChI is InChI=1S/C28H32Cl2F3N5O4S2/c1-43(39,40)37-14-9-26-22(18-37)27(35-38(26)13-4-12-36-10-2-3-11-36)19-5-7-23(28(31,32)33)20(15-19)17-34-44(41,42)21-6-8-24(29)25(30)16-21/h5-8,15-16,34H,2-4,9-14,17-18H2,1H3. The summed E-state index contributed by atoms with van der Waals surface area (Å²) >= 11 is 11.8. The minimum Gasteiger partial charge on any atom is -0.303 e. The molecule has 9 nitrogen and oxygen atoms in total. The Morgan fingerprint density at radius 3 is 2.34 bits per heavy atom. The summed E-state index contributed by atoms with van der Waals surface area (Å²) in [5.41, 5.74) is 0.859. The van der Waals surface area contributed by atoms with Crippen molar-refractivity contribution in [2.24, 2.45) is 0 Å². The quantitative estimate of drug-likeness (QED) is 0.315. The predicted molar refractivity (Wildman–Crippen MR) is 162 cm³/mol. The number of benzene rings is 2. The highest BCUT2D eigenvalue weighted by atomic mass is 35.5. The molecule has 0 atom stereocenters. The fraction of sp³-hybridized carbons (Fsp3) is 0.464. The number of hydrogen-bond acceptors (Lipinski definition) is 6. The first-order chi connectivity index (χ1) is 20.6. The van der Waals surface area contributed by atoms with Gasteiger partial charge in [0.15, 0.2) is 0 Å². The van der Waals surface area contributed by atoms with Gasteiger partial charge < -0.3 is 4.90 Å². The van der Waals surface area contributed by atoms with Crippen LogP contribution in [0.3, 0.4) is 0 Å². The average molecular weight is 695 g/mol. The number of likely N-dealkylation sites (tertiary alicyclic amines) is 1. The van der Waals surface area contributed by atoms with Crippen molar-refractivity contribution < 1.29 is 30.0 Å². The Morgan fingerprint density at radius 2 is 1.68 bits per heavy atom. The molecule has 0 aliphatic carbocycles. The summed E-state index contributed by atoms with van der Waals surface area (Å²) in [6, 6.07) is 7.04. The van der Waals surface area contributed by atoms with Gasteiger partial charge in [-0.3, -0.25) is 4.68 Å². The number of nitrogens with one attached hydrogen (secondary N) is 1. The van der Waals surface area contributed by atoms with Gasteiger partial charge in [0.25, 0.3) is 0 Å². The van der Waals surface area contributed by atoms with Crippen LogP contribution in [-0.2, 0) is 52.3 Å². The second-order valence-corrected chi connectivity index (χ2v) is 15.6. The van der Waals surface area contributed by atoms with Crippen LogP contribution in [0.1, 0.15) is 41.6 Å². The van der Waals surface area contributed by atoms with Crippen LogP contribution in [-0.4, -0.2) is 68.3 Å². The zero-order valence-corrected chi connectivity index (χ0v) is 27.0. The fourth-order valence-electron chi connectivity index (χ4n) is 5.68. The fourth-order valence-corrected chi connectivity index (χ4v) is 7.86. The first-order valence-electron chi connectivity index (χ1n) is 14.0. The number of nitrogens with zero attached hydrogens (tertiary/aromatic N) is 4. The third-order valence-corrected chi connectivity index (χ3v) is 11.3. The van der Waals surface area contributed by atoms with Crippen molar-refractivity contribution >= 4 is 43.2 Å². The number of aryl methyl sites for hydroxylation is 1. The van der Waals surface area contributed by atoms with Gasteiger partial charge in [0.2, 0.25) is 20.0 Å². The molecule has 2 aliphatic rings. The zero-order chi connectivity index (χ0) is 31.9. The van der Waals surface area contributed by atoms with Crippen molar-refractivity contribution in [1.82, 2.24) is 23.7 Å². The monoisotopic (exact) mass is 693 g/mol. The molecule has 0 bridgehead atoms. The molecule has 0 saturated carbocycles. The third-order valence-electron chi connectivity index (χ3n) is 7.95. The lowest BCUT2D eigenvalue weighted by Crippen LogP contribution is -2.35. The second kappa shape index (κ2) is 12.9. The van der Waals surface area contributed by atoms with E-state index in [2.05, 4.69) is 9.62 Å². The number of fused-ring (bicyclic) bond motifs is 1. The van der Waals surface area contributed by atoms with E-state index < -0.39 is 38.3 Å². The number of aromatic nitrogens is 2. The Kier molecular flexibility index (Phi) is 9.72. The van der Waals surface area contributed by atoms with Crippen molar-refractivity contribution in [3.05, 3.63) is 68.8 Å². The van der Waals surface area contributed by atoms with Gasteiger partial charge in [-0.25, -0.2) is 21.6 Å². The van der Waals surface area contributed by atoms with E-state index in [0.29, 0.717) is 29.8 Å². The van der Waals surface area contributed by atoms with Crippen LogP contribution in [0.5, 0.6) is 0 Å².